The van der Waals surface area contributed by atoms with Crippen LogP contribution in [0.25, 0.3) is 0 Å². The first-order chi connectivity index (χ1) is 9.96. The van der Waals surface area contributed by atoms with Gasteiger partial charge in [0.1, 0.15) is 0 Å². The van der Waals surface area contributed by atoms with Gasteiger partial charge in [0, 0.05) is 18.1 Å². The van der Waals surface area contributed by atoms with Crippen LogP contribution in [0, 0.1) is 0 Å². The molecule has 4 nitrogen and oxygen atoms in total. The van der Waals surface area contributed by atoms with Crippen molar-refractivity contribution in [1.29, 1.82) is 0 Å². The summed E-state index contributed by atoms with van der Waals surface area (Å²) in [5.74, 6) is -0.00328. The Labute approximate surface area is 131 Å². The van der Waals surface area contributed by atoms with Gasteiger partial charge in [0.2, 0.25) is 5.91 Å². The van der Waals surface area contributed by atoms with Gasteiger partial charge in [-0.25, -0.2) is 0 Å². The maximum atomic E-state index is 12.0. The second kappa shape index (κ2) is 7.25. The lowest BCUT2D eigenvalue weighted by molar-refractivity contribution is -0.122. The largest absolute Gasteiger partial charge is 0.390 e. The van der Waals surface area contributed by atoms with Gasteiger partial charge < -0.3 is 10.4 Å². The third-order valence-corrected chi connectivity index (χ3v) is 4.33. The molecule has 0 spiro atoms. The van der Waals surface area contributed by atoms with Crippen LogP contribution in [-0.2, 0) is 11.3 Å². The predicted molar refractivity (Wildman–Crippen MR) is 84.2 cm³/mol. The van der Waals surface area contributed by atoms with Crippen molar-refractivity contribution in [2.24, 2.45) is 0 Å². The highest BCUT2D eigenvalue weighted by molar-refractivity contribution is 6.31. The average Bonchev–Trinajstić information content (AvgIpc) is 2.59. The number of carbonyl (C=O) groups is 1. The van der Waals surface area contributed by atoms with Crippen LogP contribution < -0.4 is 5.32 Å². The summed E-state index contributed by atoms with van der Waals surface area (Å²) in [6, 6.07) is 7.51. The van der Waals surface area contributed by atoms with Crippen molar-refractivity contribution in [1.82, 2.24) is 10.2 Å². The number of nitrogens with zero attached hydrogens (tertiary/aromatic N) is 1. The first kappa shape index (κ1) is 16.3. The lowest BCUT2D eigenvalue weighted by Crippen LogP contribution is -2.38. The summed E-state index contributed by atoms with van der Waals surface area (Å²) in [5, 5.41) is 13.6. The number of benzene rings is 1. The molecule has 0 radical (unpaired) electrons. The van der Waals surface area contributed by atoms with Gasteiger partial charge >= 0.3 is 0 Å². The predicted octanol–water partition coefficient (Wildman–Crippen LogP) is 2.19. The van der Waals surface area contributed by atoms with Crippen LogP contribution in [0.15, 0.2) is 24.3 Å². The number of likely N-dealkylation sites (tertiary alicyclic amines) is 1. The molecule has 1 aromatic rings. The number of amides is 1. The number of hydrogen-bond donors (Lipinski definition) is 2. The van der Waals surface area contributed by atoms with Crippen molar-refractivity contribution in [3.63, 3.8) is 0 Å². The van der Waals surface area contributed by atoms with Crippen LogP contribution in [0.5, 0.6) is 0 Å². The molecule has 0 saturated carbocycles. The van der Waals surface area contributed by atoms with E-state index in [-0.39, 0.29) is 5.91 Å². The van der Waals surface area contributed by atoms with E-state index in [4.69, 9.17) is 11.6 Å². The molecule has 0 bridgehead atoms. The van der Waals surface area contributed by atoms with Crippen molar-refractivity contribution in [2.75, 3.05) is 19.6 Å². The van der Waals surface area contributed by atoms with E-state index in [0.29, 0.717) is 24.5 Å². The summed E-state index contributed by atoms with van der Waals surface area (Å²) >= 11 is 6.06. The Morgan fingerprint density at radius 1 is 1.38 bits per heavy atom. The van der Waals surface area contributed by atoms with E-state index in [2.05, 4.69) is 10.2 Å². The molecule has 0 aliphatic carbocycles. The first-order valence-corrected chi connectivity index (χ1v) is 7.79. The van der Waals surface area contributed by atoms with Crippen molar-refractivity contribution in [2.45, 2.75) is 38.3 Å². The molecule has 2 rings (SSSR count). The number of hydrogen-bond acceptors (Lipinski definition) is 3. The summed E-state index contributed by atoms with van der Waals surface area (Å²) in [6.45, 7) is 4.31. The van der Waals surface area contributed by atoms with Gasteiger partial charge in [-0.2, -0.15) is 0 Å². The Morgan fingerprint density at radius 2 is 2.14 bits per heavy atom. The molecule has 1 unspecified atom stereocenters. The molecule has 1 fully saturated rings. The lowest BCUT2D eigenvalue weighted by atomic mass is 9.98. The molecule has 1 aromatic carbocycles. The van der Waals surface area contributed by atoms with E-state index in [1.807, 2.05) is 31.2 Å². The van der Waals surface area contributed by atoms with Gasteiger partial charge in [0.25, 0.3) is 0 Å². The number of nitrogens with one attached hydrogen (secondary N) is 1. The fraction of sp³-hybridized carbons (Fsp3) is 0.562. The van der Waals surface area contributed by atoms with Gasteiger partial charge in [0.05, 0.1) is 12.1 Å². The van der Waals surface area contributed by atoms with Crippen LogP contribution >= 0.6 is 11.6 Å². The van der Waals surface area contributed by atoms with E-state index in [0.717, 1.165) is 31.5 Å². The molecule has 1 heterocycles. The summed E-state index contributed by atoms with van der Waals surface area (Å²) in [5.41, 5.74) is 0.328. The molecule has 5 heteroatoms. The summed E-state index contributed by atoms with van der Waals surface area (Å²) in [4.78, 5) is 14.1. The zero-order valence-electron chi connectivity index (χ0n) is 12.4. The summed E-state index contributed by atoms with van der Waals surface area (Å²) in [7, 11) is 0. The molecule has 0 aromatic heterocycles. The number of rotatable bonds is 4. The third-order valence-electron chi connectivity index (χ3n) is 3.96. The van der Waals surface area contributed by atoms with Crippen LogP contribution in [-0.4, -0.2) is 41.1 Å². The van der Waals surface area contributed by atoms with Crippen molar-refractivity contribution in [3.8, 4) is 0 Å². The summed E-state index contributed by atoms with van der Waals surface area (Å²) in [6.07, 6.45) is 2.43. The minimum atomic E-state index is -0.594. The monoisotopic (exact) mass is 310 g/mol. The number of halogens is 1. The molecule has 1 amide bonds. The second-order valence-electron chi connectivity index (χ2n) is 5.99. The molecule has 116 valence electrons. The van der Waals surface area contributed by atoms with E-state index in [9.17, 15) is 9.90 Å². The maximum absolute atomic E-state index is 12.0. The quantitative estimate of drug-likeness (QED) is 0.896. The SMILES string of the molecule is CC1(O)CCCN(CC(=O)NCc2ccccc2Cl)CC1. The Bertz CT molecular complexity index is 491. The van der Waals surface area contributed by atoms with E-state index < -0.39 is 5.60 Å². The molecule has 1 atom stereocenters. The number of carbonyl (C=O) groups excluding carboxylic acids is 1. The molecule has 1 aliphatic rings. The molecular formula is C16H23ClN2O2. The van der Waals surface area contributed by atoms with Crippen LogP contribution in [0.1, 0.15) is 31.7 Å². The van der Waals surface area contributed by atoms with Crippen molar-refractivity contribution >= 4 is 17.5 Å². The highest BCUT2D eigenvalue weighted by Crippen LogP contribution is 2.21. The molecule has 1 aliphatic heterocycles. The van der Waals surface area contributed by atoms with Crippen LogP contribution in [0.4, 0.5) is 0 Å². The average molecular weight is 311 g/mol. The molecular weight excluding hydrogens is 288 g/mol. The standard InChI is InChI=1S/C16H23ClN2O2/c1-16(21)7-4-9-19(10-8-16)12-15(20)18-11-13-5-2-3-6-14(13)17/h2-3,5-6,21H,4,7-12H2,1H3,(H,18,20). The smallest absolute Gasteiger partial charge is 0.234 e. The number of aliphatic hydroxyl groups is 1. The zero-order chi connectivity index (χ0) is 15.3. The normalized spacial score (nSPS) is 23.6. The van der Waals surface area contributed by atoms with E-state index in [1.165, 1.54) is 0 Å². The highest BCUT2D eigenvalue weighted by atomic mass is 35.5. The molecule has 1 saturated heterocycles. The first-order valence-electron chi connectivity index (χ1n) is 7.41. The van der Waals surface area contributed by atoms with Gasteiger partial charge in [-0.3, -0.25) is 9.69 Å². The van der Waals surface area contributed by atoms with Gasteiger partial charge in [-0.1, -0.05) is 29.8 Å². The van der Waals surface area contributed by atoms with E-state index >= 15 is 0 Å². The van der Waals surface area contributed by atoms with Gasteiger partial charge in [0.15, 0.2) is 0 Å². The van der Waals surface area contributed by atoms with Gasteiger partial charge in [-0.15, -0.1) is 0 Å². The van der Waals surface area contributed by atoms with Crippen LogP contribution in [0.2, 0.25) is 5.02 Å². The van der Waals surface area contributed by atoms with Crippen molar-refractivity contribution in [3.05, 3.63) is 34.9 Å². The Hall–Kier alpha value is -1.10. The lowest BCUT2D eigenvalue weighted by Gasteiger charge is -2.22. The van der Waals surface area contributed by atoms with Crippen molar-refractivity contribution < 1.29 is 9.90 Å². The van der Waals surface area contributed by atoms with E-state index in [1.54, 1.807) is 0 Å². The Balaban J connectivity index is 1.78. The van der Waals surface area contributed by atoms with Crippen LogP contribution in [0.3, 0.4) is 0 Å². The maximum Gasteiger partial charge on any atom is 0.234 e. The topological polar surface area (TPSA) is 52.6 Å². The minimum absolute atomic E-state index is 0.00328. The zero-order valence-corrected chi connectivity index (χ0v) is 13.2. The molecule has 21 heavy (non-hydrogen) atoms. The minimum Gasteiger partial charge on any atom is -0.390 e. The fourth-order valence-corrected chi connectivity index (χ4v) is 2.77. The third kappa shape index (κ3) is 5.30. The van der Waals surface area contributed by atoms with Gasteiger partial charge in [-0.05, 0) is 44.4 Å². The second-order valence-corrected chi connectivity index (χ2v) is 6.40. The Kier molecular flexibility index (Phi) is 5.62. The Morgan fingerprint density at radius 3 is 2.90 bits per heavy atom. The fourth-order valence-electron chi connectivity index (χ4n) is 2.57. The molecule has 2 N–H and O–H groups in total. The highest BCUT2D eigenvalue weighted by Gasteiger charge is 2.25. The summed E-state index contributed by atoms with van der Waals surface area (Å²) < 4.78 is 0.